The highest BCUT2D eigenvalue weighted by atomic mass is 16.1. The lowest BCUT2D eigenvalue weighted by Crippen LogP contribution is -2.22. The zero-order valence-corrected chi connectivity index (χ0v) is 10.3. The van der Waals surface area contributed by atoms with Gasteiger partial charge in [0.05, 0.1) is 23.8 Å². The maximum Gasteiger partial charge on any atom is 0.263 e. The lowest BCUT2D eigenvalue weighted by molar-refractivity contribution is 0.748. The first-order valence-electron chi connectivity index (χ1n) is 6.03. The van der Waals surface area contributed by atoms with Gasteiger partial charge in [0, 0.05) is 5.69 Å². The molecule has 2 aromatic carbocycles. The Morgan fingerprint density at radius 3 is 2.63 bits per heavy atom. The van der Waals surface area contributed by atoms with Gasteiger partial charge in [-0.25, -0.2) is 4.98 Å². The molecule has 0 radical (unpaired) electrons. The van der Waals surface area contributed by atoms with Gasteiger partial charge in [0.2, 0.25) is 0 Å². The molecule has 0 spiro atoms. The van der Waals surface area contributed by atoms with E-state index in [1.165, 1.54) is 0 Å². The van der Waals surface area contributed by atoms with Crippen LogP contribution in [0.1, 0.15) is 5.56 Å². The molecule has 0 saturated heterocycles. The monoisotopic (exact) mass is 251 g/mol. The van der Waals surface area contributed by atoms with Gasteiger partial charge in [-0.1, -0.05) is 36.4 Å². The van der Waals surface area contributed by atoms with Gasteiger partial charge in [-0.2, -0.15) is 0 Å². The smallest absolute Gasteiger partial charge is 0.263 e. The number of hydrogen-bond acceptors (Lipinski definition) is 3. The Labute approximate surface area is 110 Å². The molecule has 3 aromatic rings. The fourth-order valence-corrected chi connectivity index (χ4v) is 2.12. The fraction of sp³-hybridized carbons (Fsp3) is 0.0667. The van der Waals surface area contributed by atoms with E-state index < -0.39 is 0 Å². The summed E-state index contributed by atoms with van der Waals surface area (Å²) in [6.45, 7) is 0.497. The summed E-state index contributed by atoms with van der Waals surface area (Å²) >= 11 is 0. The van der Waals surface area contributed by atoms with Crippen LogP contribution in [0.5, 0.6) is 0 Å². The molecule has 0 fully saturated rings. The molecule has 0 amide bonds. The van der Waals surface area contributed by atoms with Crippen molar-refractivity contribution >= 4 is 16.6 Å². The second kappa shape index (κ2) is 4.57. The van der Waals surface area contributed by atoms with Gasteiger partial charge in [0.25, 0.3) is 5.56 Å². The Bertz CT molecular complexity index is 778. The number of nitrogens with two attached hydrogens (primary N) is 1. The Morgan fingerprint density at radius 1 is 1.05 bits per heavy atom. The van der Waals surface area contributed by atoms with Crippen molar-refractivity contribution in [3.8, 4) is 0 Å². The third kappa shape index (κ3) is 2.08. The van der Waals surface area contributed by atoms with Gasteiger partial charge in [-0.3, -0.25) is 9.36 Å². The zero-order valence-electron chi connectivity index (χ0n) is 10.3. The van der Waals surface area contributed by atoms with Crippen LogP contribution in [0.4, 0.5) is 5.69 Å². The van der Waals surface area contributed by atoms with Crippen molar-refractivity contribution in [2.24, 2.45) is 0 Å². The first-order chi connectivity index (χ1) is 9.25. The second-order valence-electron chi connectivity index (χ2n) is 4.40. The maximum absolute atomic E-state index is 12.4. The number of benzene rings is 2. The fourth-order valence-electron chi connectivity index (χ4n) is 2.12. The van der Waals surface area contributed by atoms with E-state index in [-0.39, 0.29) is 5.56 Å². The highest BCUT2D eigenvalue weighted by Gasteiger charge is 2.07. The SMILES string of the molecule is Nc1cccc2ncn(Cc3ccccc3)c(=O)c12. The van der Waals surface area contributed by atoms with Crippen LogP contribution in [-0.4, -0.2) is 9.55 Å². The van der Waals surface area contributed by atoms with Crippen molar-refractivity contribution in [1.29, 1.82) is 0 Å². The third-order valence-corrected chi connectivity index (χ3v) is 3.08. The lowest BCUT2D eigenvalue weighted by Gasteiger charge is -2.07. The first kappa shape index (κ1) is 11.5. The molecule has 4 nitrogen and oxygen atoms in total. The molecule has 2 N–H and O–H groups in total. The summed E-state index contributed by atoms with van der Waals surface area (Å²) in [6, 6.07) is 15.1. The van der Waals surface area contributed by atoms with E-state index >= 15 is 0 Å². The van der Waals surface area contributed by atoms with E-state index in [0.29, 0.717) is 23.1 Å². The normalized spacial score (nSPS) is 10.7. The van der Waals surface area contributed by atoms with Gasteiger partial charge in [-0.15, -0.1) is 0 Å². The number of nitrogens with zero attached hydrogens (tertiary/aromatic N) is 2. The van der Waals surface area contributed by atoms with E-state index in [4.69, 9.17) is 5.73 Å². The summed E-state index contributed by atoms with van der Waals surface area (Å²) in [5.74, 6) is 0. The molecular formula is C15H13N3O. The van der Waals surface area contributed by atoms with Crippen LogP contribution in [0.25, 0.3) is 10.9 Å². The minimum absolute atomic E-state index is 0.105. The highest BCUT2D eigenvalue weighted by Crippen LogP contribution is 2.14. The van der Waals surface area contributed by atoms with Crippen molar-refractivity contribution in [2.75, 3.05) is 5.73 Å². The third-order valence-electron chi connectivity index (χ3n) is 3.08. The number of rotatable bonds is 2. The largest absolute Gasteiger partial charge is 0.398 e. The average molecular weight is 251 g/mol. The summed E-state index contributed by atoms with van der Waals surface area (Å²) in [5.41, 5.74) is 7.92. The molecule has 0 unspecified atom stereocenters. The first-order valence-corrected chi connectivity index (χ1v) is 6.03. The van der Waals surface area contributed by atoms with Gasteiger partial charge < -0.3 is 5.73 Å². The molecule has 1 heterocycles. The average Bonchev–Trinajstić information content (AvgIpc) is 2.43. The second-order valence-corrected chi connectivity index (χ2v) is 4.40. The van der Waals surface area contributed by atoms with E-state index in [0.717, 1.165) is 5.56 Å². The van der Waals surface area contributed by atoms with E-state index in [2.05, 4.69) is 4.98 Å². The van der Waals surface area contributed by atoms with E-state index in [1.54, 1.807) is 29.1 Å². The molecule has 0 aliphatic heterocycles. The quantitative estimate of drug-likeness (QED) is 0.709. The van der Waals surface area contributed by atoms with Crippen LogP contribution in [0.2, 0.25) is 0 Å². The number of aromatic nitrogens is 2. The number of fused-ring (bicyclic) bond motifs is 1. The predicted octanol–water partition coefficient (Wildman–Crippen LogP) is 2.03. The summed E-state index contributed by atoms with van der Waals surface area (Å²) in [4.78, 5) is 16.7. The van der Waals surface area contributed by atoms with Crippen molar-refractivity contribution in [2.45, 2.75) is 6.54 Å². The minimum Gasteiger partial charge on any atom is -0.398 e. The predicted molar refractivity (Wildman–Crippen MR) is 76.0 cm³/mol. The van der Waals surface area contributed by atoms with Crippen LogP contribution in [0, 0.1) is 0 Å². The van der Waals surface area contributed by atoms with Crippen molar-refractivity contribution < 1.29 is 0 Å². The molecular weight excluding hydrogens is 238 g/mol. The summed E-state index contributed by atoms with van der Waals surface area (Å²) in [6.07, 6.45) is 1.57. The van der Waals surface area contributed by atoms with Crippen LogP contribution in [-0.2, 0) is 6.54 Å². The zero-order chi connectivity index (χ0) is 13.2. The van der Waals surface area contributed by atoms with Crippen LogP contribution >= 0.6 is 0 Å². The Hall–Kier alpha value is -2.62. The van der Waals surface area contributed by atoms with E-state index in [1.807, 2.05) is 30.3 Å². The standard InChI is InChI=1S/C15H13N3O/c16-12-7-4-8-13-14(12)15(19)18(10-17-13)9-11-5-2-1-3-6-11/h1-8,10H,9,16H2. The molecule has 0 atom stereocenters. The lowest BCUT2D eigenvalue weighted by atomic mass is 10.2. The van der Waals surface area contributed by atoms with E-state index in [9.17, 15) is 4.79 Å². The number of hydrogen-bond donors (Lipinski definition) is 1. The minimum atomic E-state index is -0.105. The van der Waals surface area contributed by atoms with Crippen LogP contribution in [0.15, 0.2) is 59.7 Å². The van der Waals surface area contributed by atoms with Crippen LogP contribution < -0.4 is 11.3 Å². The molecule has 1 aromatic heterocycles. The topological polar surface area (TPSA) is 60.9 Å². The molecule has 3 rings (SSSR count). The summed E-state index contributed by atoms with van der Waals surface area (Å²) < 4.78 is 1.58. The van der Waals surface area contributed by atoms with Gasteiger partial charge in [-0.05, 0) is 17.7 Å². The highest BCUT2D eigenvalue weighted by molar-refractivity contribution is 5.89. The summed E-state index contributed by atoms with van der Waals surface area (Å²) in [5, 5.41) is 0.487. The molecule has 0 aliphatic carbocycles. The van der Waals surface area contributed by atoms with Gasteiger partial charge in [0.15, 0.2) is 0 Å². The Balaban J connectivity index is 2.13. The molecule has 94 valence electrons. The summed E-state index contributed by atoms with van der Waals surface area (Å²) in [7, 11) is 0. The molecule has 4 heteroatoms. The van der Waals surface area contributed by atoms with Gasteiger partial charge in [0.1, 0.15) is 0 Å². The molecule has 19 heavy (non-hydrogen) atoms. The Kier molecular flexibility index (Phi) is 2.76. The molecule has 0 saturated carbocycles. The Morgan fingerprint density at radius 2 is 1.84 bits per heavy atom. The number of nitrogen functional groups attached to an aromatic ring is 1. The van der Waals surface area contributed by atoms with Crippen molar-refractivity contribution in [3.05, 3.63) is 70.8 Å². The number of anilines is 1. The van der Waals surface area contributed by atoms with Crippen molar-refractivity contribution in [3.63, 3.8) is 0 Å². The van der Waals surface area contributed by atoms with Gasteiger partial charge >= 0.3 is 0 Å². The molecule has 0 aliphatic rings. The molecule has 0 bridgehead atoms. The maximum atomic E-state index is 12.4. The van der Waals surface area contributed by atoms with Crippen molar-refractivity contribution in [1.82, 2.24) is 9.55 Å². The van der Waals surface area contributed by atoms with Crippen LogP contribution in [0.3, 0.4) is 0 Å².